The third-order valence-corrected chi connectivity index (χ3v) is 6.84. The molecule has 33 heavy (non-hydrogen) atoms. The van der Waals surface area contributed by atoms with Crippen LogP contribution in [0.3, 0.4) is 0 Å². The largest absolute Gasteiger partial charge is 0.378 e. The topological polar surface area (TPSA) is 88.9 Å². The monoisotopic (exact) mass is 462 g/mol. The zero-order chi connectivity index (χ0) is 22.8. The summed E-state index contributed by atoms with van der Waals surface area (Å²) in [6.45, 7) is 7.05. The second-order valence-electron chi connectivity index (χ2n) is 7.97. The van der Waals surface area contributed by atoms with Crippen LogP contribution < -0.4 is 10.5 Å². The Morgan fingerprint density at radius 1 is 1.12 bits per heavy atom. The number of aryl methyl sites for hydroxylation is 1. The molecule has 1 unspecified atom stereocenters. The lowest BCUT2D eigenvalue weighted by molar-refractivity contribution is 0.122. The number of hydrogen-bond donors (Lipinski definition) is 1. The van der Waals surface area contributed by atoms with E-state index in [1.165, 1.54) is 17.3 Å². The van der Waals surface area contributed by atoms with Crippen LogP contribution in [0.2, 0.25) is 0 Å². The van der Waals surface area contributed by atoms with Crippen molar-refractivity contribution in [3.63, 3.8) is 0 Å². The van der Waals surface area contributed by atoms with E-state index in [0.29, 0.717) is 29.9 Å². The minimum absolute atomic E-state index is 0.128. The first-order chi connectivity index (χ1) is 16.1. The van der Waals surface area contributed by atoms with E-state index in [1.54, 1.807) is 6.07 Å². The number of aromatic amines is 1. The maximum absolute atomic E-state index is 12.6. The molecule has 1 aliphatic rings. The van der Waals surface area contributed by atoms with Gasteiger partial charge in [-0.3, -0.25) is 9.36 Å². The maximum atomic E-state index is 12.6. The quantitative estimate of drug-likeness (QED) is 0.437. The molecule has 8 nitrogen and oxygen atoms in total. The Morgan fingerprint density at radius 2 is 1.94 bits per heavy atom. The number of fused-ring (bicyclic) bond motifs is 1. The van der Waals surface area contributed by atoms with Gasteiger partial charge < -0.3 is 14.6 Å². The summed E-state index contributed by atoms with van der Waals surface area (Å²) in [5.41, 5.74) is 2.83. The fraction of sp³-hybridized carbons (Fsp3) is 0.333. The summed E-state index contributed by atoms with van der Waals surface area (Å²) in [6.07, 6.45) is 0.948. The molecule has 0 aliphatic carbocycles. The third kappa shape index (κ3) is 4.38. The van der Waals surface area contributed by atoms with Gasteiger partial charge in [-0.1, -0.05) is 43.0 Å². The number of benzene rings is 2. The van der Waals surface area contributed by atoms with Crippen LogP contribution >= 0.6 is 11.8 Å². The van der Waals surface area contributed by atoms with Crippen LogP contribution in [0.5, 0.6) is 0 Å². The zero-order valence-electron chi connectivity index (χ0n) is 18.7. The van der Waals surface area contributed by atoms with Gasteiger partial charge in [-0.25, -0.2) is 4.98 Å². The number of nitrogens with zero attached hydrogens (tertiary/aromatic N) is 5. The van der Waals surface area contributed by atoms with Crippen molar-refractivity contribution in [1.82, 2.24) is 24.7 Å². The van der Waals surface area contributed by atoms with Gasteiger partial charge in [0.25, 0.3) is 5.56 Å². The molecule has 0 radical (unpaired) electrons. The van der Waals surface area contributed by atoms with E-state index in [4.69, 9.17) is 9.72 Å². The van der Waals surface area contributed by atoms with Gasteiger partial charge in [0.2, 0.25) is 5.95 Å². The smallest absolute Gasteiger partial charge is 0.258 e. The zero-order valence-corrected chi connectivity index (χ0v) is 19.5. The molecule has 1 aliphatic heterocycles. The van der Waals surface area contributed by atoms with Crippen molar-refractivity contribution in [1.29, 1.82) is 0 Å². The van der Waals surface area contributed by atoms with Crippen molar-refractivity contribution in [2.75, 3.05) is 31.2 Å². The van der Waals surface area contributed by atoms with Crippen molar-refractivity contribution >= 4 is 28.6 Å². The SMILES string of the molecule is CCc1cccc(-n2c(SC(C)c3nc4ccccc4c(=O)[nH]3)nnc2N2CCOCC2)c1. The van der Waals surface area contributed by atoms with Crippen molar-refractivity contribution in [3.8, 4) is 5.69 Å². The van der Waals surface area contributed by atoms with Crippen molar-refractivity contribution in [2.24, 2.45) is 0 Å². The van der Waals surface area contributed by atoms with Gasteiger partial charge in [-0.05, 0) is 43.2 Å². The predicted molar refractivity (Wildman–Crippen MR) is 130 cm³/mol. The number of hydrogen-bond acceptors (Lipinski definition) is 7. The number of rotatable bonds is 6. The second-order valence-corrected chi connectivity index (χ2v) is 9.28. The maximum Gasteiger partial charge on any atom is 0.258 e. The molecule has 2 aromatic carbocycles. The summed E-state index contributed by atoms with van der Waals surface area (Å²) in [7, 11) is 0. The summed E-state index contributed by atoms with van der Waals surface area (Å²) in [5.74, 6) is 1.43. The predicted octanol–water partition coefficient (Wildman–Crippen LogP) is 3.76. The first-order valence-electron chi connectivity index (χ1n) is 11.2. The van der Waals surface area contributed by atoms with Crippen LogP contribution in [0.4, 0.5) is 5.95 Å². The Morgan fingerprint density at radius 3 is 2.76 bits per heavy atom. The molecule has 1 fully saturated rings. The lowest BCUT2D eigenvalue weighted by Crippen LogP contribution is -2.37. The highest BCUT2D eigenvalue weighted by atomic mass is 32.2. The fourth-order valence-electron chi connectivity index (χ4n) is 3.96. The van der Waals surface area contributed by atoms with Crippen LogP contribution in [0, 0.1) is 0 Å². The Bertz CT molecular complexity index is 1330. The van der Waals surface area contributed by atoms with E-state index in [-0.39, 0.29) is 10.8 Å². The number of nitrogens with one attached hydrogen (secondary N) is 1. The molecule has 0 bridgehead atoms. The number of aromatic nitrogens is 5. The van der Waals surface area contributed by atoms with Crippen molar-refractivity contribution in [2.45, 2.75) is 30.7 Å². The Kier molecular flexibility index (Phi) is 6.15. The minimum Gasteiger partial charge on any atom is -0.378 e. The van der Waals surface area contributed by atoms with Crippen LogP contribution in [0.1, 0.15) is 30.5 Å². The minimum atomic E-state index is -0.130. The van der Waals surface area contributed by atoms with Crippen LogP contribution in [-0.4, -0.2) is 51.0 Å². The normalized spacial score (nSPS) is 15.2. The Labute approximate surface area is 196 Å². The average Bonchev–Trinajstić information content (AvgIpc) is 3.28. The summed E-state index contributed by atoms with van der Waals surface area (Å²) in [5, 5.41) is 10.3. The molecular weight excluding hydrogens is 436 g/mol. The van der Waals surface area contributed by atoms with Gasteiger partial charge in [0.15, 0.2) is 5.16 Å². The van der Waals surface area contributed by atoms with Gasteiger partial charge in [0.05, 0.1) is 35.1 Å². The first kappa shape index (κ1) is 21.7. The standard InChI is InChI=1S/C24H26N6O2S/c1-3-17-7-6-8-18(15-17)30-23(29-11-13-32-14-12-29)27-28-24(30)33-16(2)21-25-20-10-5-4-9-19(20)22(31)26-21/h4-10,15-16H,3,11-14H2,1-2H3,(H,25,26,31). The van der Waals surface area contributed by atoms with Gasteiger partial charge in [0, 0.05) is 13.1 Å². The lowest BCUT2D eigenvalue weighted by Gasteiger charge is -2.28. The van der Waals surface area contributed by atoms with E-state index in [9.17, 15) is 4.79 Å². The number of H-pyrrole nitrogens is 1. The van der Waals surface area contributed by atoms with Gasteiger partial charge in [0.1, 0.15) is 5.82 Å². The molecule has 0 saturated carbocycles. The molecule has 1 N–H and O–H groups in total. The Hall–Kier alpha value is -3.17. The second kappa shape index (κ2) is 9.36. The first-order valence-corrected chi connectivity index (χ1v) is 12.0. The molecule has 2 aromatic heterocycles. The van der Waals surface area contributed by atoms with Crippen molar-refractivity contribution < 1.29 is 4.74 Å². The Balaban J connectivity index is 1.53. The fourth-order valence-corrected chi connectivity index (χ4v) is 4.88. The third-order valence-electron chi connectivity index (χ3n) is 5.79. The summed E-state index contributed by atoms with van der Waals surface area (Å²) in [4.78, 5) is 22.4. The number of thioether (sulfide) groups is 1. The molecule has 170 valence electrons. The molecule has 1 atom stereocenters. The highest BCUT2D eigenvalue weighted by Crippen LogP contribution is 2.35. The van der Waals surface area contributed by atoms with Gasteiger partial charge in [-0.15, -0.1) is 10.2 Å². The van der Waals surface area contributed by atoms with E-state index >= 15 is 0 Å². The summed E-state index contributed by atoms with van der Waals surface area (Å²) < 4.78 is 7.63. The molecule has 1 saturated heterocycles. The lowest BCUT2D eigenvalue weighted by atomic mass is 10.1. The van der Waals surface area contributed by atoms with E-state index in [1.807, 2.05) is 25.1 Å². The van der Waals surface area contributed by atoms with Crippen LogP contribution in [0.15, 0.2) is 58.5 Å². The molecule has 5 rings (SSSR count). The number of para-hydroxylation sites is 1. The molecule has 0 spiro atoms. The molecule has 3 heterocycles. The summed E-state index contributed by atoms with van der Waals surface area (Å²) in [6, 6.07) is 15.8. The van der Waals surface area contributed by atoms with E-state index < -0.39 is 0 Å². The van der Waals surface area contributed by atoms with Gasteiger partial charge in [-0.2, -0.15) is 0 Å². The van der Waals surface area contributed by atoms with E-state index in [0.717, 1.165) is 36.3 Å². The van der Waals surface area contributed by atoms with Crippen LogP contribution in [0.25, 0.3) is 16.6 Å². The number of morpholine rings is 1. The van der Waals surface area contributed by atoms with E-state index in [2.05, 4.69) is 55.8 Å². The van der Waals surface area contributed by atoms with Gasteiger partial charge >= 0.3 is 0 Å². The highest BCUT2D eigenvalue weighted by Gasteiger charge is 2.24. The highest BCUT2D eigenvalue weighted by molar-refractivity contribution is 7.99. The molecule has 9 heteroatoms. The van der Waals surface area contributed by atoms with Crippen LogP contribution in [-0.2, 0) is 11.2 Å². The summed E-state index contributed by atoms with van der Waals surface area (Å²) >= 11 is 1.53. The molecule has 4 aromatic rings. The number of ether oxygens (including phenoxy) is 1. The number of anilines is 1. The average molecular weight is 463 g/mol. The molecular formula is C24H26N6O2S. The van der Waals surface area contributed by atoms with Crippen molar-refractivity contribution in [3.05, 3.63) is 70.3 Å². The molecule has 0 amide bonds.